The summed E-state index contributed by atoms with van der Waals surface area (Å²) in [6, 6.07) is 61.6. The van der Waals surface area contributed by atoms with E-state index in [1.807, 2.05) is 177 Å². The number of carbonyl (C=O) groups excluding carboxylic acids is 5. The van der Waals surface area contributed by atoms with E-state index in [9.17, 15) is 24.0 Å². The molecule has 21 nitrogen and oxygen atoms in total. The van der Waals surface area contributed by atoms with Crippen molar-refractivity contribution < 1.29 is 28.9 Å². The van der Waals surface area contributed by atoms with Crippen LogP contribution < -0.4 is 58.1 Å². The van der Waals surface area contributed by atoms with Gasteiger partial charge in [0.25, 0.3) is 0 Å². The number of benzene rings is 5. The first-order valence-electron chi connectivity index (χ1n) is 41.4. The highest BCUT2D eigenvalue weighted by molar-refractivity contribution is 7.11. The lowest BCUT2D eigenvalue weighted by molar-refractivity contribution is -0.884. The van der Waals surface area contributed by atoms with E-state index in [2.05, 4.69) is 232 Å². The molecule has 10 rings (SSSR count). The Balaban J connectivity index is 0.000000233. The molecule has 120 heavy (non-hydrogen) atoms. The third-order valence-electron chi connectivity index (χ3n) is 20.3. The maximum absolute atomic E-state index is 12.1. The summed E-state index contributed by atoms with van der Waals surface area (Å²) in [5.74, 6) is 0. The smallest absolute Gasteiger partial charge is 0.315 e. The minimum absolute atomic E-state index is 0.0994. The molecule has 4 unspecified atom stereocenters. The molecule has 0 fully saturated rings. The van der Waals surface area contributed by atoms with Crippen LogP contribution in [-0.4, -0.2) is 212 Å². The zero-order valence-electron chi connectivity index (χ0n) is 73.5. The van der Waals surface area contributed by atoms with Crippen molar-refractivity contribution in [3.8, 4) is 0 Å². The highest BCUT2D eigenvalue weighted by Gasteiger charge is 2.22. The minimum atomic E-state index is -0.139. The average Bonchev–Trinajstić information content (AvgIpc) is 1.71. The van der Waals surface area contributed by atoms with Gasteiger partial charge in [0.2, 0.25) is 0 Å². The molecule has 5 heterocycles. The number of aryl methyl sites for hydroxylation is 2. The van der Waals surface area contributed by atoms with Crippen molar-refractivity contribution in [3.63, 3.8) is 0 Å². The van der Waals surface area contributed by atoms with E-state index < -0.39 is 0 Å². The summed E-state index contributed by atoms with van der Waals surface area (Å²) >= 11 is 8.37. The van der Waals surface area contributed by atoms with Gasteiger partial charge in [-0.3, -0.25) is 0 Å². The second kappa shape index (κ2) is 56.3. The van der Waals surface area contributed by atoms with Crippen molar-refractivity contribution in [1.29, 1.82) is 0 Å². The Morgan fingerprint density at radius 1 is 0.325 bits per heavy atom. The molecule has 9 atom stereocenters. The number of aromatic nitrogens is 1. The molecule has 10 aromatic rings. The van der Waals surface area contributed by atoms with E-state index in [0.29, 0.717) is 45.3 Å². The van der Waals surface area contributed by atoms with E-state index in [0.717, 1.165) is 68.5 Å². The Morgan fingerprint density at radius 2 is 0.575 bits per heavy atom. The summed E-state index contributed by atoms with van der Waals surface area (Å²) in [5.41, 5.74) is 12.5. The van der Waals surface area contributed by atoms with E-state index >= 15 is 0 Å². The number of hydrogen-bond donors (Lipinski definition) is 11. The summed E-state index contributed by atoms with van der Waals surface area (Å²) < 4.78 is 0. The highest BCUT2D eigenvalue weighted by Crippen LogP contribution is 2.18. The number of nitrogens with one attached hydrogen (secondary N) is 11. The van der Waals surface area contributed by atoms with E-state index in [1.165, 1.54) is 59.8 Å². The Labute approximate surface area is 736 Å². The quantitative estimate of drug-likeness (QED) is 0.0174. The van der Waals surface area contributed by atoms with Gasteiger partial charge in [0.05, 0.1) is 32.9 Å². The second-order valence-electron chi connectivity index (χ2n) is 31.9. The first-order valence-corrected chi connectivity index (χ1v) is 46.0. The summed E-state index contributed by atoms with van der Waals surface area (Å²) in [7, 11) is 20.6. The van der Waals surface area contributed by atoms with Gasteiger partial charge >= 0.3 is 30.2 Å². The van der Waals surface area contributed by atoms with Crippen LogP contribution in [-0.2, 0) is 64.3 Å². The van der Waals surface area contributed by atoms with Gasteiger partial charge in [0.15, 0.2) is 0 Å². The fourth-order valence-corrected chi connectivity index (χ4v) is 16.5. The van der Waals surface area contributed by atoms with Gasteiger partial charge in [-0.1, -0.05) is 152 Å². The van der Waals surface area contributed by atoms with Crippen LogP contribution in [0.1, 0.15) is 93.3 Å². The van der Waals surface area contributed by atoms with Crippen molar-refractivity contribution in [2.75, 3.05) is 103 Å². The molecule has 11 N–H and O–H groups in total. The van der Waals surface area contributed by atoms with Crippen LogP contribution in [0.2, 0.25) is 0 Å². The Morgan fingerprint density at radius 3 is 0.792 bits per heavy atom. The highest BCUT2D eigenvalue weighted by atomic mass is 32.1. The number of amides is 10. The maximum Gasteiger partial charge on any atom is 0.315 e. The van der Waals surface area contributed by atoms with Crippen molar-refractivity contribution in [2.45, 2.75) is 160 Å². The molecular weight excluding hydrogens is 1590 g/mol. The molecule has 0 saturated heterocycles. The van der Waals surface area contributed by atoms with Crippen molar-refractivity contribution in [3.05, 3.63) is 285 Å². The van der Waals surface area contributed by atoms with E-state index in [-0.39, 0.29) is 78.5 Å². The number of thiophene rings is 4. The fraction of sp³-hybridized carbons (Fsp3) is 0.426. The molecule has 0 aliphatic heterocycles. The zero-order chi connectivity index (χ0) is 87.0. The van der Waals surface area contributed by atoms with Gasteiger partial charge in [-0.2, -0.15) is 45.3 Å². The summed E-state index contributed by atoms with van der Waals surface area (Å²) in [6.07, 6.45) is 8.04. The number of quaternary nitrogens is 1. The van der Waals surface area contributed by atoms with Gasteiger partial charge < -0.3 is 77.7 Å². The molecule has 0 saturated carbocycles. The number of nitrogens with zero attached hydrogens (tertiary/aromatic N) is 5. The largest absolute Gasteiger partial charge is 0.337 e. The van der Waals surface area contributed by atoms with Crippen LogP contribution in [0, 0.1) is 13.8 Å². The zero-order valence-corrected chi connectivity index (χ0v) is 77.6. The predicted octanol–water partition coefficient (Wildman–Crippen LogP) is 13.9. The maximum atomic E-state index is 12.1. The normalized spacial score (nSPS) is 13.2. The van der Waals surface area contributed by atoms with Gasteiger partial charge in [-0.25, -0.2) is 29.0 Å². The molecule has 650 valence electrons. The first-order chi connectivity index (χ1) is 57.6. The number of carbonyl (C=O) groups is 5. The third-order valence-corrected chi connectivity index (χ3v) is 24.3. The van der Waals surface area contributed by atoms with Crippen molar-refractivity contribution >= 4 is 86.8 Å². The average molecular weight is 1730 g/mol. The molecule has 0 bridgehead atoms. The topological polar surface area (TPSA) is 236 Å². The first kappa shape index (κ1) is 99.5. The number of likely N-dealkylation sites (N-methyl/N-ethyl adjacent to an activating group) is 5. The van der Waals surface area contributed by atoms with Crippen LogP contribution in [0.25, 0.3) is 0 Å². The minimum Gasteiger partial charge on any atom is -0.337 e. The lowest BCUT2D eigenvalue weighted by Gasteiger charge is -2.25. The summed E-state index contributed by atoms with van der Waals surface area (Å²) in [4.78, 5) is 76.1. The van der Waals surface area contributed by atoms with Crippen molar-refractivity contribution in [1.82, 2.24) is 77.8 Å². The Bertz CT molecular complexity index is 3880. The molecule has 0 aliphatic rings. The van der Waals surface area contributed by atoms with Crippen LogP contribution >= 0.6 is 56.7 Å². The molecular formula is C94H135N16O5S5+. The van der Waals surface area contributed by atoms with E-state index in [1.54, 1.807) is 56.7 Å². The lowest BCUT2D eigenvalue weighted by Crippen LogP contribution is -3.11. The number of rotatable bonds is 39. The third kappa shape index (κ3) is 42.3. The van der Waals surface area contributed by atoms with E-state index in [4.69, 9.17) is 0 Å². The molecule has 5 aromatic heterocycles. The Kier molecular flexibility index (Phi) is 46.7. The summed E-state index contributed by atoms with van der Waals surface area (Å²) in [6.45, 7) is 15.8. The lowest BCUT2D eigenvalue weighted by atomic mass is 10.1. The molecule has 0 spiro atoms. The van der Waals surface area contributed by atoms with Crippen LogP contribution in [0.15, 0.2) is 219 Å². The molecule has 0 aliphatic carbocycles. The van der Waals surface area contributed by atoms with Gasteiger partial charge in [0, 0.05) is 85.8 Å². The summed E-state index contributed by atoms with van der Waals surface area (Å²) in [5, 5.41) is 47.6. The SMILES string of the molecule is CC(Cc1ccsc1)NC(=O)NCC(Cc1ccccc1)N(C)C.CC(Cc1ccsc1)NC(=O)NC[C@H](Cc1ccccc1)N(C)C.C[C@@H](Cc1ccsc1)NC(=O)NCC(Cc1ccccc1)N(C)C.C[C@@H](Cc1ccsc1)NC(=O)NC[C@H](Cc1ccccc1)N(C)C.Cc1nc(CNC(=O)NC[C@@H](Cc2ccccc2)[NH+](C)C)sc1C. The number of thiazole rings is 1. The molecule has 26 heteroatoms. The predicted molar refractivity (Wildman–Crippen MR) is 505 cm³/mol. The van der Waals surface area contributed by atoms with Crippen LogP contribution in [0.3, 0.4) is 0 Å². The second-order valence-corrected chi connectivity index (χ2v) is 36.3. The monoisotopic (exact) mass is 1730 g/mol. The van der Waals surface area contributed by atoms with Crippen LogP contribution in [0.5, 0.6) is 0 Å². The van der Waals surface area contributed by atoms with Gasteiger partial charge in [-0.05, 0) is 267 Å². The standard InChI is InChI=1S/4C19H27N3OS.C18H26N4OS/c4*1-15(11-17-9-10-24-14-17)21-19(23)20-13-18(22(2)3)12-16-7-5-4-6-8-16;1-13-14(2)24-17(21-13)12-20-18(23)19-11-16(22(3)4)10-15-8-6-5-7-9-15/h4*4-10,14-15,18H,11-13H2,1-3H3,(H2,20,21,23);5-9,16H,10-12H2,1-4H3,(H2,19,20,23)/p+1/t15?,18-;15-,18?;15-,18-;;16-/m000.1/s1. The molecule has 0 radical (unpaired) electrons. The Hall–Kier alpha value is -9.32. The number of urea groups is 5. The molecule has 5 aromatic carbocycles. The fourth-order valence-electron chi connectivity index (χ4n) is 12.9. The molecule has 10 amide bonds. The van der Waals surface area contributed by atoms with Gasteiger partial charge in [0.1, 0.15) is 11.0 Å². The van der Waals surface area contributed by atoms with Gasteiger partial charge in [-0.15, -0.1) is 11.3 Å². The number of hydrogen-bond acceptors (Lipinski definition) is 15. The van der Waals surface area contributed by atoms with Crippen molar-refractivity contribution in [2.24, 2.45) is 0 Å². The van der Waals surface area contributed by atoms with Crippen LogP contribution in [0.4, 0.5) is 24.0 Å².